The van der Waals surface area contributed by atoms with Gasteiger partial charge in [0.05, 0.1) is 16.5 Å². The summed E-state index contributed by atoms with van der Waals surface area (Å²) in [6.45, 7) is 2.08. The Morgan fingerprint density at radius 2 is 2.12 bits per heavy atom. The zero-order valence-electron chi connectivity index (χ0n) is 9.49. The lowest BCUT2D eigenvalue weighted by Gasteiger charge is -2.09. The van der Waals surface area contributed by atoms with Crippen molar-refractivity contribution < 1.29 is 12.8 Å². The summed E-state index contributed by atoms with van der Waals surface area (Å²) in [6.07, 6.45) is 0. The van der Waals surface area contributed by atoms with Crippen molar-refractivity contribution in [1.82, 2.24) is 0 Å². The minimum Gasteiger partial charge on any atom is -0.330 e. The van der Waals surface area contributed by atoms with Crippen LogP contribution in [0, 0.1) is 11.7 Å². The molecule has 0 amide bonds. The maximum Gasteiger partial charge on any atom is 0.154 e. The van der Waals surface area contributed by atoms with Crippen LogP contribution < -0.4 is 5.73 Å². The van der Waals surface area contributed by atoms with Gasteiger partial charge >= 0.3 is 0 Å². The Balaban J connectivity index is 2.80. The summed E-state index contributed by atoms with van der Waals surface area (Å²) in [6, 6.07) is 4.01. The molecule has 1 atom stereocenters. The number of hydrogen-bond donors (Lipinski definition) is 1. The lowest BCUT2D eigenvalue weighted by Crippen LogP contribution is -2.22. The van der Waals surface area contributed by atoms with Crippen LogP contribution in [-0.2, 0) is 15.6 Å². The first kappa shape index (κ1) is 14.4. The zero-order chi connectivity index (χ0) is 13.1. The van der Waals surface area contributed by atoms with Crippen LogP contribution in [0.15, 0.2) is 18.2 Å². The number of rotatable bonds is 5. The van der Waals surface area contributed by atoms with Gasteiger partial charge in [-0.1, -0.05) is 24.6 Å². The quantitative estimate of drug-likeness (QED) is 0.897. The molecule has 0 aliphatic heterocycles. The van der Waals surface area contributed by atoms with E-state index in [2.05, 4.69) is 0 Å². The highest BCUT2D eigenvalue weighted by Gasteiger charge is 2.16. The Morgan fingerprint density at radius 3 is 2.65 bits per heavy atom. The molecule has 17 heavy (non-hydrogen) atoms. The molecule has 1 unspecified atom stereocenters. The first-order valence-corrected chi connectivity index (χ1v) is 7.38. The van der Waals surface area contributed by atoms with Crippen molar-refractivity contribution >= 4 is 21.4 Å². The molecule has 6 heteroatoms. The first-order chi connectivity index (χ1) is 7.84. The van der Waals surface area contributed by atoms with E-state index in [0.717, 1.165) is 6.07 Å². The predicted molar refractivity (Wildman–Crippen MR) is 67.1 cm³/mol. The molecule has 1 aromatic rings. The Kier molecular flexibility index (Phi) is 4.91. The van der Waals surface area contributed by atoms with Crippen LogP contribution in [0.2, 0.25) is 5.02 Å². The molecule has 0 aromatic heterocycles. The molecule has 0 radical (unpaired) electrons. The van der Waals surface area contributed by atoms with Crippen LogP contribution in [0.5, 0.6) is 0 Å². The van der Waals surface area contributed by atoms with E-state index in [-0.39, 0.29) is 22.4 Å². The summed E-state index contributed by atoms with van der Waals surface area (Å²) >= 11 is 5.52. The predicted octanol–water partition coefficient (Wildman–Crippen LogP) is 1.99. The molecule has 0 saturated heterocycles. The van der Waals surface area contributed by atoms with Crippen molar-refractivity contribution in [1.29, 1.82) is 0 Å². The van der Waals surface area contributed by atoms with Crippen LogP contribution in [-0.4, -0.2) is 20.7 Å². The van der Waals surface area contributed by atoms with E-state index in [9.17, 15) is 12.8 Å². The van der Waals surface area contributed by atoms with Crippen molar-refractivity contribution in [2.75, 3.05) is 12.3 Å². The maximum atomic E-state index is 13.1. The maximum absolute atomic E-state index is 13.1. The SMILES string of the molecule is CC(CN)CS(=O)(=O)Cc1ccc(Cl)c(F)c1. The monoisotopic (exact) mass is 279 g/mol. The highest BCUT2D eigenvalue weighted by atomic mass is 35.5. The second-order valence-corrected chi connectivity index (χ2v) is 6.66. The third kappa shape index (κ3) is 4.61. The van der Waals surface area contributed by atoms with Crippen molar-refractivity contribution in [3.8, 4) is 0 Å². The van der Waals surface area contributed by atoms with Gasteiger partial charge in [0.15, 0.2) is 9.84 Å². The Labute approximate surface area is 106 Å². The average molecular weight is 280 g/mol. The smallest absolute Gasteiger partial charge is 0.154 e. The van der Waals surface area contributed by atoms with E-state index < -0.39 is 15.7 Å². The van der Waals surface area contributed by atoms with Gasteiger partial charge in [0.2, 0.25) is 0 Å². The molecule has 0 aliphatic rings. The van der Waals surface area contributed by atoms with Crippen molar-refractivity contribution in [3.63, 3.8) is 0 Å². The fraction of sp³-hybridized carbons (Fsp3) is 0.455. The van der Waals surface area contributed by atoms with E-state index in [0.29, 0.717) is 12.1 Å². The average Bonchev–Trinajstić information content (AvgIpc) is 2.22. The summed E-state index contributed by atoms with van der Waals surface area (Å²) in [5, 5.41) is -0.0125. The van der Waals surface area contributed by atoms with Crippen LogP contribution >= 0.6 is 11.6 Å². The number of nitrogens with two attached hydrogens (primary N) is 1. The van der Waals surface area contributed by atoms with Gasteiger partial charge in [-0.15, -0.1) is 0 Å². The minimum absolute atomic E-state index is 0.00768. The highest BCUT2D eigenvalue weighted by Crippen LogP contribution is 2.17. The van der Waals surface area contributed by atoms with Crippen LogP contribution in [0.4, 0.5) is 4.39 Å². The molecule has 3 nitrogen and oxygen atoms in total. The van der Waals surface area contributed by atoms with Crippen molar-refractivity contribution in [2.24, 2.45) is 11.7 Å². The fourth-order valence-corrected chi connectivity index (χ4v) is 3.37. The largest absolute Gasteiger partial charge is 0.330 e. The normalized spacial score (nSPS) is 13.6. The number of halogens is 2. The molecule has 1 rings (SSSR count). The van der Waals surface area contributed by atoms with Gasteiger partial charge in [0.1, 0.15) is 5.82 Å². The second kappa shape index (κ2) is 5.80. The Bertz CT molecular complexity index is 490. The summed E-state index contributed by atoms with van der Waals surface area (Å²) in [7, 11) is -3.27. The molecule has 1 aromatic carbocycles. The summed E-state index contributed by atoms with van der Waals surface area (Å²) < 4.78 is 36.6. The molecular weight excluding hydrogens is 265 g/mol. The third-order valence-corrected chi connectivity index (χ3v) is 4.47. The molecule has 96 valence electrons. The van der Waals surface area contributed by atoms with Gasteiger partial charge in [-0.25, -0.2) is 12.8 Å². The van der Waals surface area contributed by atoms with Gasteiger partial charge < -0.3 is 5.73 Å². The number of benzene rings is 1. The molecule has 0 fully saturated rings. The van der Waals surface area contributed by atoms with Gasteiger partial charge in [0.25, 0.3) is 0 Å². The standard InChI is InChI=1S/C11H15ClFNO2S/c1-8(5-14)6-17(15,16)7-9-2-3-10(12)11(13)4-9/h2-4,8H,5-7,14H2,1H3. The molecule has 0 aliphatic carbocycles. The van der Waals surface area contributed by atoms with E-state index in [1.54, 1.807) is 6.92 Å². The summed E-state index contributed by atoms with van der Waals surface area (Å²) in [5.74, 6) is -0.887. The third-order valence-electron chi connectivity index (χ3n) is 2.31. The molecule has 0 heterocycles. The Morgan fingerprint density at radius 1 is 1.47 bits per heavy atom. The topological polar surface area (TPSA) is 60.2 Å². The molecule has 2 N–H and O–H groups in total. The summed E-state index contributed by atoms with van der Waals surface area (Å²) in [5.41, 5.74) is 5.77. The van der Waals surface area contributed by atoms with Crippen molar-refractivity contribution in [2.45, 2.75) is 12.7 Å². The number of hydrogen-bond acceptors (Lipinski definition) is 3. The number of sulfone groups is 1. The molecule has 0 bridgehead atoms. The Hall–Kier alpha value is -0.650. The highest BCUT2D eigenvalue weighted by molar-refractivity contribution is 7.90. The molecular formula is C11H15ClFNO2S. The fourth-order valence-electron chi connectivity index (χ4n) is 1.44. The summed E-state index contributed by atoms with van der Waals surface area (Å²) in [4.78, 5) is 0. The van der Waals surface area contributed by atoms with E-state index in [1.165, 1.54) is 12.1 Å². The zero-order valence-corrected chi connectivity index (χ0v) is 11.1. The van der Waals surface area contributed by atoms with Crippen LogP contribution in [0.25, 0.3) is 0 Å². The van der Waals surface area contributed by atoms with Crippen molar-refractivity contribution in [3.05, 3.63) is 34.6 Å². The van der Waals surface area contributed by atoms with E-state index in [1.807, 2.05) is 0 Å². The van der Waals surface area contributed by atoms with E-state index >= 15 is 0 Å². The van der Waals surface area contributed by atoms with Gasteiger partial charge in [-0.05, 0) is 30.2 Å². The minimum atomic E-state index is -3.27. The van der Waals surface area contributed by atoms with Gasteiger partial charge in [-0.2, -0.15) is 0 Å². The van der Waals surface area contributed by atoms with Crippen LogP contribution in [0.1, 0.15) is 12.5 Å². The first-order valence-electron chi connectivity index (χ1n) is 5.18. The van der Waals surface area contributed by atoms with Gasteiger partial charge in [0, 0.05) is 0 Å². The van der Waals surface area contributed by atoms with Gasteiger partial charge in [-0.3, -0.25) is 0 Å². The lowest BCUT2D eigenvalue weighted by molar-refractivity contribution is 0.572. The molecule has 0 saturated carbocycles. The second-order valence-electron chi connectivity index (χ2n) is 4.14. The van der Waals surface area contributed by atoms with Crippen LogP contribution in [0.3, 0.4) is 0 Å². The lowest BCUT2D eigenvalue weighted by atomic mass is 10.2. The van der Waals surface area contributed by atoms with E-state index in [4.69, 9.17) is 17.3 Å². The molecule has 0 spiro atoms.